The van der Waals surface area contributed by atoms with Gasteiger partial charge in [-0.25, -0.2) is 0 Å². The fourth-order valence-electron chi connectivity index (χ4n) is 6.48. The van der Waals surface area contributed by atoms with Crippen LogP contribution in [0.4, 0.5) is 0 Å². The number of fused-ring (bicyclic) bond motifs is 4. The lowest BCUT2D eigenvalue weighted by molar-refractivity contribution is -0.250. The third-order valence-corrected chi connectivity index (χ3v) is 18.6. The number of Topliss-reactive ketones (excluding diaryl/α,β-unsaturated/α-hetero) is 3. The first kappa shape index (κ1) is 28.3. The molecule has 1 saturated heterocycles. The van der Waals surface area contributed by atoms with Gasteiger partial charge in [0.25, 0.3) is 11.6 Å². The quantitative estimate of drug-likeness (QED) is 0.237. The predicted molar refractivity (Wildman–Crippen MR) is 152 cm³/mol. The number of ether oxygens (including phenoxy) is 2. The van der Waals surface area contributed by atoms with Crippen molar-refractivity contribution in [2.45, 2.75) is 95.2 Å². The van der Waals surface area contributed by atoms with Gasteiger partial charge in [-0.15, -0.1) is 0 Å². The van der Waals surface area contributed by atoms with E-state index in [0.717, 1.165) is 36.3 Å². The molecule has 3 aliphatic rings. The SMILES string of the molecule is CC[Si](CC)(CC)OC12OC3(OC1(O[Si](CC)(CC)CC)c1ccccc1C2=O)C(=O)c1ccccc1C3=O. The average Bonchev–Trinajstić information content (AvgIpc) is 3.46. The van der Waals surface area contributed by atoms with Gasteiger partial charge in [-0.1, -0.05) is 90.1 Å². The van der Waals surface area contributed by atoms with E-state index in [1.54, 1.807) is 42.5 Å². The van der Waals surface area contributed by atoms with Crippen molar-refractivity contribution in [2.75, 3.05) is 0 Å². The Balaban J connectivity index is 1.83. The third-order valence-electron chi connectivity index (χ3n) is 9.43. The minimum Gasteiger partial charge on any atom is -0.382 e. The molecule has 0 amide bonds. The lowest BCUT2D eigenvalue weighted by atomic mass is 10.1. The molecule has 9 heteroatoms. The van der Waals surface area contributed by atoms with Crippen molar-refractivity contribution in [3.05, 3.63) is 70.8 Å². The number of hydrogen-bond acceptors (Lipinski definition) is 7. The zero-order valence-electron chi connectivity index (χ0n) is 23.7. The van der Waals surface area contributed by atoms with Crippen LogP contribution < -0.4 is 0 Å². The molecule has 0 N–H and O–H groups in total. The van der Waals surface area contributed by atoms with E-state index in [1.807, 2.05) is 6.07 Å². The average molecular weight is 567 g/mol. The summed E-state index contributed by atoms with van der Waals surface area (Å²) in [5.74, 6) is -8.07. The summed E-state index contributed by atoms with van der Waals surface area (Å²) in [5.41, 5.74) is 1.26. The molecular formula is C30H38O7Si2. The van der Waals surface area contributed by atoms with E-state index in [2.05, 4.69) is 41.5 Å². The number of ketones is 3. The molecule has 1 aliphatic heterocycles. The summed E-state index contributed by atoms with van der Waals surface area (Å²) in [6.07, 6.45) is 0. The van der Waals surface area contributed by atoms with Crippen molar-refractivity contribution >= 4 is 34.0 Å². The molecule has 0 saturated carbocycles. The summed E-state index contributed by atoms with van der Waals surface area (Å²) >= 11 is 0. The summed E-state index contributed by atoms with van der Waals surface area (Å²) in [4.78, 5) is 42.7. The second-order valence-electron chi connectivity index (χ2n) is 10.8. The molecule has 2 aliphatic carbocycles. The maximum Gasteiger partial charge on any atom is 0.305 e. The Labute approximate surface area is 232 Å². The summed E-state index contributed by atoms with van der Waals surface area (Å²) < 4.78 is 27.6. The van der Waals surface area contributed by atoms with Crippen LogP contribution in [0.3, 0.4) is 0 Å². The topological polar surface area (TPSA) is 88.1 Å². The lowest BCUT2D eigenvalue weighted by Crippen LogP contribution is -2.62. The number of rotatable bonds is 10. The predicted octanol–water partition coefficient (Wildman–Crippen LogP) is 6.60. The van der Waals surface area contributed by atoms with E-state index < -0.39 is 51.3 Å². The third kappa shape index (κ3) is 3.57. The Morgan fingerprint density at radius 1 is 0.564 bits per heavy atom. The van der Waals surface area contributed by atoms with Crippen molar-refractivity contribution in [1.82, 2.24) is 0 Å². The molecule has 7 nitrogen and oxygen atoms in total. The molecule has 2 atom stereocenters. The van der Waals surface area contributed by atoms with Gasteiger partial charge < -0.3 is 8.85 Å². The first-order valence-corrected chi connectivity index (χ1v) is 19.3. The van der Waals surface area contributed by atoms with Crippen molar-refractivity contribution in [3.63, 3.8) is 0 Å². The summed E-state index contributed by atoms with van der Waals surface area (Å²) in [7, 11) is -5.18. The Morgan fingerprint density at radius 3 is 1.41 bits per heavy atom. The van der Waals surface area contributed by atoms with Crippen molar-refractivity contribution in [3.8, 4) is 0 Å². The Morgan fingerprint density at radius 2 is 0.949 bits per heavy atom. The minimum absolute atomic E-state index is 0.212. The number of carbonyl (C=O) groups is 3. The number of hydrogen-bond donors (Lipinski definition) is 0. The van der Waals surface area contributed by atoms with Crippen LogP contribution in [0, 0.1) is 0 Å². The standard InChI is InChI=1S/C30H38O7Si2/c1-7-38(8-2,9-3)36-29-24-20-16-15-19-23(24)27(33)30(29,37-39(10-4,11-5)12-6)35-28(34-29)25(31)21-17-13-14-18-22(21)26(28)32/h13-20H,7-12H2,1-6H3. The molecule has 1 heterocycles. The van der Waals surface area contributed by atoms with E-state index in [4.69, 9.17) is 18.3 Å². The van der Waals surface area contributed by atoms with Gasteiger partial charge in [0, 0.05) is 22.3 Å². The minimum atomic E-state index is -2.62. The highest BCUT2D eigenvalue weighted by Crippen LogP contribution is 2.63. The first-order valence-electron chi connectivity index (χ1n) is 14.3. The van der Waals surface area contributed by atoms with Crippen LogP contribution in [0.1, 0.15) is 78.2 Å². The van der Waals surface area contributed by atoms with Gasteiger partial charge in [-0.05, 0) is 36.3 Å². The Bertz CT molecular complexity index is 1280. The molecule has 39 heavy (non-hydrogen) atoms. The fourth-order valence-corrected chi connectivity index (χ4v) is 12.1. The van der Waals surface area contributed by atoms with E-state index in [1.165, 1.54) is 0 Å². The summed E-state index contributed by atoms with van der Waals surface area (Å²) in [6.45, 7) is 12.4. The van der Waals surface area contributed by atoms with Gasteiger partial charge in [-0.3, -0.25) is 23.9 Å². The molecule has 2 aromatic carbocycles. The molecular weight excluding hydrogens is 528 g/mol. The van der Waals surface area contributed by atoms with Crippen molar-refractivity contribution < 1.29 is 32.7 Å². The van der Waals surface area contributed by atoms with Crippen LogP contribution in [0.2, 0.25) is 36.3 Å². The smallest absolute Gasteiger partial charge is 0.305 e. The van der Waals surface area contributed by atoms with Crippen molar-refractivity contribution in [2.24, 2.45) is 0 Å². The Kier molecular flexibility index (Phi) is 7.01. The normalized spacial score (nSPS) is 25.3. The maximum absolute atomic E-state index is 14.6. The highest BCUT2D eigenvalue weighted by atomic mass is 28.4. The summed E-state index contributed by atoms with van der Waals surface area (Å²) in [6, 6.07) is 18.1. The molecule has 0 radical (unpaired) electrons. The molecule has 1 spiro atoms. The zero-order chi connectivity index (χ0) is 28.3. The molecule has 2 unspecified atom stereocenters. The lowest BCUT2D eigenvalue weighted by Gasteiger charge is -2.45. The molecule has 0 aromatic heterocycles. The van der Waals surface area contributed by atoms with Gasteiger partial charge >= 0.3 is 5.79 Å². The molecule has 5 rings (SSSR count). The van der Waals surface area contributed by atoms with Crippen LogP contribution in [-0.4, -0.2) is 45.6 Å². The van der Waals surface area contributed by atoms with Crippen LogP contribution in [0.15, 0.2) is 48.5 Å². The van der Waals surface area contributed by atoms with E-state index in [9.17, 15) is 14.4 Å². The van der Waals surface area contributed by atoms with Gasteiger partial charge in [0.15, 0.2) is 16.6 Å². The highest BCUT2D eigenvalue weighted by Gasteiger charge is 2.83. The second kappa shape index (κ2) is 9.67. The van der Waals surface area contributed by atoms with E-state index >= 15 is 0 Å². The van der Waals surface area contributed by atoms with Crippen LogP contribution in [-0.2, 0) is 24.1 Å². The Hall–Kier alpha value is -2.28. The summed E-state index contributed by atoms with van der Waals surface area (Å²) in [5, 5.41) is 0. The first-order chi connectivity index (χ1) is 18.6. The number of carbonyl (C=O) groups excluding carboxylic acids is 3. The molecule has 0 bridgehead atoms. The van der Waals surface area contributed by atoms with Crippen LogP contribution >= 0.6 is 0 Å². The zero-order valence-corrected chi connectivity index (χ0v) is 25.7. The van der Waals surface area contributed by atoms with Gasteiger partial charge in [0.1, 0.15) is 0 Å². The second-order valence-corrected chi connectivity index (χ2v) is 20.2. The molecule has 208 valence electrons. The maximum atomic E-state index is 14.6. The fraction of sp³-hybridized carbons (Fsp3) is 0.500. The van der Waals surface area contributed by atoms with Gasteiger partial charge in [0.2, 0.25) is 17.3 Å². The van der Waals surface area contributed by atoms with Gasteiger partial charge in [-0.2, -0.15) is 0 Å². The highest BCUT2D eigenvalue weighted by molar-refractivity contribution is 6.74. The largest absolute Gasteiger partial charge is 0.382 e. The number of benzene rings is 2. The van der Waals surface area contributed by atoms with Crippen LogP contribution in [0.5, 0.6) is 0 Å². The van der Waals surface area contributed by atoms with Crippen LogP contribution in [0.25, 0.3) is 0 Å². The van der Waals surface area contributed by atoms with E-state index in [-0.39, 0.29) is 11.1 Å². The molecule has 2 aromatic rings. The van der Waals surface area contributed by atoms with Crippen molar-refractivity contribution in [1.29, 1.82) is 0 Å². The van der Waals surface area contributed by atoms with Gasteiger partial charge in [0.05, 0.1) is 0 Å². The molecule has 1 fully saturated rings. The monoisotopic (exact) mass is 566 g/mol. The van der Waals surface area contributed by atoms with E-state index in [0.29, 0.717) is 11.1 Å².